The first-order valence-corrected chi connectivity index (χ1v) is 7.76. The van der Waals surface area contributed by atoms with Gasteiger partial charge in [0, 0.05) is 0 Å². The highest BCUT2D eigenvalue weighted by molar-refractivity contribution is 7.88. The molecule has 0 bridgehead atoms. The molecule has 0 aliphatic carbocycles. The van der Waals surface area contributed by atoms with Crippen molar-refractivity contribution in [2.24, 2.45) is 0 Å². The van der Waals surface area contributed by atoms with Gasteiger partial charge >= 0.3 is 15.9 Å². The molecule has 0 aliphatic rings. The minimum atomic E-state index is -4.63. The van der Waals surface area contributed by atoms with Crippen molar-refractivity contribution in [2.45, 2.75) is 25.4 Å². The van der Waals surface area contributed by atoms with E-state index in [1.807, 2.05) is 0 Å². The monoisotopic (exact) mass is 204 g/mol. The number of rotatable bonds is 3. The van der Waals surface area contributed by atoms with Crippen molar-refractivity contribution in [1.82, 2.24) is 0 Å². The van der Waals surface area contributed by atoms with Crippen molar-refractivity contribution in [3.05, 3.63) is 0 Å². The van der Waals surface area contributed by atoms with E-state index < -0.39 is 24.2 Å². The third kappa shape index (κ3) is 4.43. The van der Waals surface area contributed by atoms with Crippen LogP contribution in [0.2, 0.25) is 19.6 Å². The Balaban J connectivity index is 4.40. The van der Waals surface area contributed by atoms with E-state index in [2.05, 4.69) is 3.87 Å². The molecule has 0 spiro atoms. The zero-order valence-electron chi connectivity index (χ0n) is 6.47. The maximum atomic E-state index is 11.7. The molecule has 0 rings (SSSR count). The average Bonchev–Trinajstić information content (AvgIpc) is 1.56. The molecule has 0 aliphatic heterocycles. The number of hydrogen-bond acceptors (Lipinski definition) is 3. The van der Waals surface area contributed by atoms with E-state index in [4.69, 9.17) is 0 Å². The molecule has 11 heavy (non-hydrogen) atoms. The first-order valence-electron chi connectivity index (χ1n) is 2.88. The van der Waals surface area contributed by atoms with Gasteiger partial charge in [0.2, 0.25) is 8.32 Å². The molecule has 0 saturated heterocycles. The molecule has 0 N–H and O–H groups in total. The summed E-state index contributed by atoms with van der Waals surface area (Å²) >= 11 is 0. The van der Waals surface area contributed by atoms with Crippen LogP contribution in [-0.4, -0.2) is 22.5 Å². The smallest absolute Gasteiger partial charge is 0.311 e. The number of halogens is 2. The highest BCUT2D eigenvalue weighted by atomic mass is 32.2. The SMILES string of the molecule is C[Si](C)(C)OS(=O)(=O)C(F)F. The molecule has 0 radical (unpaired) electrons. The van der Waals surface area contributed by atoms with E-state index in [9.17, 15) is 17.2 Å². The maximum Gasteiger partial charge on any atom is 0.360 e. The van der Waals surface area contributed by atoms with Gasteiger partial charge in [0.25, 0.3) is 0 Å². The molecular formula is C4H10F2O3SSi. The predicted octanol–water partition coefficient (Wildman–Crippen LogP) is 1.39. The van der Waals surface area contributed by atoms with Crippen molar-refractivity contribution < 1.29 is 21.1 Å². The van der Waals surface area contributed by atoms with E-state index in [-0.39, 0.29) is 0 Å². The lowest BCUT2D eigenvalue weighted by molar-refractivity contribution is 0.219. The van der Waals surface area contributed by atoms with Crippen LogP contribution in [0.1, 0.15) is 0 Å². The first kappa shape index (κ1) is 11.0. The summed E-state index contributed by atoms with van der Waals surface area (Å²) in [5, 5.41) is 0. The molecule has 68 valence electrons. The van der Waals surface area contributed by atoms with E-state index in [0.29, 0.717) is 0 Å². The van der Waals surface area contributed by atoms with Gasteiger partial charge in [-0.05, 0) is 19.6 Å². The summed E-state index contributed by atoms with van der Waals surface area (Å²) < 4.78 is 48.4. The van der Waals surface area contributed by atoms with Gasteiger partial charge in [0.05, 0.1) is 0 Å². The lowest BCUT2D eigenvalue weighted by Crippen LogP contribution is -2.32. The zero-order chi connectivity index (χ0) is 9.28. The lowest BCUT2D eigenvalue weighted by Gasteiger charge is -2.15. The number of alkyl halides is 2. The van der Waals surface area contributed by atoms with Crippen LogP contribution >= 0.6 is 0 Å². The van der Waals surface area contributed by atoms with Crippen LogP contribution in [0.4, 0.5) is 8.78 Å². The van der Waals surface area contributed by atoms with Gasteiger partial charge < -0.3 is 3.87 Å². The summed E-state index contributed by atoms with van der Waals surface area (Å²) in [5.74, 6) is -3.44. The Kier molecular flexibility index (Phi) is 3.15. The second-order valence-electron chi connectivity index (χ2n) is 2.95. The second kappa shape index (κ2) is 3.16. The Labute approximate surface area is 65.6 Å². The minimum absolute atomic E-state index is 1.52. The van der Waals surface area contributed by atoms with Crippen LogP contribution < -0.4 is 0 Å². The zero-order valence-corrected chi connectivity index (χ0v) is 8.28. The first-order chi connectivity index (χ1) is 4.65. The largest absolute Gasteiger partial charge is 0.360 e. The fourth-order valence-corrected chi connectivity index (χ4v) is 3.46. The molecule has 0 saturated carbocycles. The van der Waals surface area contributed by atoms with Crippen molar-refractivity contribution in [3.63, 3.8) is 0 Å². The summed E-state index contributed by atoms with van der Waals surface area (Å²) in [4.78, 5) is 0. The third-order valence-electron chi connectivity index (χ3n) is 0.584. The quantitative estimate of drug-likeness (QED) is 0.652. The van der Waals surface area contributed by atoms with Gasteiger partial charge in [-0.15, -0.1) is 0 Å². The molecule has 0 aromatic carbocycles. The summed E-state index contributed by atoms with van der Waals surface area (Å²) in [6.07, 6.45) is 0. The fraction of sp³-hybridized carbons (Fsp3) is 1.00. The summed E-state index contributed by atoms with van der Waals surface area (Å²) in [7, 11) is -7.05. The molecule has 0 unspecified atom stereocenters. The molecular weight excluding hydrogens is 194 g/mol. The maximum absolute atomic E-state index is 11.7. The molecule has 0 amide bonds. The standard InChI is InChI=1S/C4H10F2O3SSi/c1-11(2,3)9-10(7,8)4(5)6/h4H,1-3H3. The van der Waals surface area contributed by atoms with E-state index >= 15 is 0 Å². The van der Waals surface area contributed by atoms with Crippen LogP contribution in [0.5, 0.6) is 0 Å². The second-order valence-corrected chi connectivity index (χ2v) is 9.18. The van der Waals surface area contributed by atoms with Gasteiger partial charge in [-0.2, -0.15) is 17.2 Å². The normalized spacial score (nSPS) is 14.0. The Morgan fingerprint density at radius 3 is 1.73 bits per heavy atom. The van der Waals surface area contributed by atoms with Crippen LogP contribution in [0.3, 0.4) is 0 Å². The average molecular weight is 204 g/mol. The Hall–Kier alpha value is -0.0131. The highest BCUT2D eigenvalue weighted by Gasteiger charge is 2.31. The van der Waals surface area contributed by atoms with Gasteiger partial charge in [-0.3, -0.25) is 0 Å². The highest BCUT2D eigenvalue weighted by Crippen LogP contribution is 2.14. The van der Waals surface area contributed by atoms with Gasteiger partial charge in [0.1, 0.15) is 0 Å². The van der Waals surface area contributed by atoms with Crippen molar-refractivity contribution in [1.29, 1.82) is 0 Å². The van der Waals surface area contributed by atoms with Crippen molar-refractivity contribution in [2.75, 3.05) is 0 Å². The molecule has 0 heterocycles. The van der Waals surface area contributed by atoms with Crippen molar-refractivity contribution >= 4 is 18.4 Å². The minimum Gasteiger partial charge on any atom is -0.311 e. The number of hydrogen-bond donors (Lipinski definition) is 0. The van der Waals surface area contributed by atoms with E-state index in [0.717, 1.165) is 0 Å². The lowest BCUT2D eigenvalue weighted by atomic mass is 11.7. The molecule has 0 fully saturated rings. The van der Waals surface area contributed by atoms with Crippen LogP contribution in [-0.2, 0) is 14.0 Å². The van der Waals surface area contributed by atoms with Crippen LogP contribution in [0.15, 0.2) is 0 Å². The van der Waals surface area contributed by atoms with Crippen molar-refractivity contribution in [3.8, 4) is 0 Å². The van der Waals surface area contributed by atoms with E-state index in [1.54, 1.807) is 0 Å². The third-order valence-corrected chi connectivity index (χ3v) is 3.95. The summed E-state index contributed by atoms with van der Waals surface area (Å²) in [6, 6.07) is 0. The van der Waals surface area contributed by atoms with Crippen LogP contribution in [0, 0.1) is 0 Å². The topological polar surface area (TPSA) is 43.4 Å². The predicted molar refractivity (Wildman–Crippen MR) is 39.4 cm³/mol. The summed E-state index contributed by atoms with van der Waals surface area (Å²) in [5.41, 5.74) is 0. The van der Waals surface area contributed by atoms with Crippen LogP contribution in [0.25, 0.3) is 0 Å². The van der Waals surface area contributed by atoms with Gasteiger partial charge in [-0.1, -0.05) is 0 Å². The molecule has 0 aromatic heterocycles. The Bertz CT molecular complexity index is 218. The Morgan fingerprint density at radius 2 is 1.64 bits per heavy atom. The summed E-state index contributed by atoms with van der Waals surface area (Å²) in [6.45, 7) is 4.56. The molecule has 7 heteroatoms. The molecule has 3 nitrogen and oxygen atoms in total. The van der Waals surface area contributed by atoms with Gasteiger partial charge in [0.15, 0.2) is 0 Å². The fourth-order valence-electron chi connectivity index (χ4n) is 0.385. The Morgan fingerprint density at radius 1 is 1.27 bits per heavy atom. The van der Waals surface area contributed by atoms with Gasteiger partial charge in [-0.25, -0.2) is 0 Å². The molecule has 0 atom stereocenters. The van der Waals surface area contributed by atoms with E-state index in [1.165, 1.54) is 19.6 Å². The molecule has 0 aromatic rings.